The number of piperazine rings is 1. The molecule has 3 nitrogen and oxygen atoms in total. The molecule has 3 heteroatoms. The predicted molar refractivity (Wildman–Crippen MR) is 59.5 cm³/mol. The Morgan fingerprint density at radius 2 is 2.21 bits per heavy atom. The molecule has 1 saturated carbocycles. The lowest BCUT2D eigenvalue weighted by Gasteiger charge is -2.32. The van der Waals surface area contributed by atoms with Crippen LogP contribution in [-0.2, 0) is 0 Å². The van der Waals surface area contributed by atoms with Crippen LogP contribution in [0.3, 0.4) is 0 Å². The molecule has 1 aliphatic heterocycles. The van der Waals surface area contributed by atoms with Crippen LogP contribution in [0, 0.1) is 5.92 Å². The van der Waals surface area contributed by atoms with Crippen LogP contribution in [0.1, 0.15) is 19.3 Å². The number of hydrogen-bond acceptors (Lipinski definition) is 3. The number of likely N-dealkylation sites (N-methyl/N-ethyl adjacent to an activating group) is 1. The molecule has 2 fully saturated rings. The maximum absolute atomic E-state index is 3.59. The van der Waals surface area contributed by atoms with Crippen molar-refractivity contribution in [3.63, 3.8) is 0 Å². The average molecular weight is 197 g/mol. The van der Waals surface area contributed by atoms with Crippen LogP contribution in [0.25, 0.3) is 0 Å². The molecule has 0 aromatic rings. The van der Waals surface area contributed by atoms with E-state index in [1.54, 1.807) is 0 Å². The Morgan fingerprint density at radius 1 is 1.36 bits per heavy atom. The Morgan fingerprint density at radius 3 is 2.86 bits per heavy atom. The van der Waals surface area contributed by atoms with Crippen LogP contribution in [-0.4, -0.2) is 50.7 Å². The van der Waals surface area contributed by atoms with Gasteiger partial charge in [0.05, 0.1) is 0 Å². The van der Waals surface area contributed by atoms with E-state index in [-0.39, 0.29) is 0 Å². The minimum atomic E-state index is 0.661. The second-order valence-corrected chi connectivity index (χ2v) is 4.87. The minimum Gasteiger partial charge on any atom is -0.315 e. The molecular weight excluding hydrogens is 174 g/mol. The van der Waals surface area contributed by atoms with E-state index in [0.717, 1.165) is 19.0 Å². The standard InChI is InChI=1S/C11H23N3/c1-14-6-5-13-11(9-14)8-12-7-10-3-2-4-10/h10-13H,2-9H2,1H3. The van der Waals surface area contributed by atoms with E-state index in [4.69, 9.17) is 0 Å². The normalized spacial score (nSPS) is 30.2. The van der Waals surface area contributed by atoms with Crippen molar-refractivity contribution in [2.45, 2.75) is 25.3 Å². The summed E-state index contributed by atoms with van der Waals surface area (Å²) in [6.45, 7) is 5.91. The molecule has 1 saturated heterocycles. The van der Waals surface area contributed by atoms with Crippen LogP contribution in [0.15, 0.2) is 0 Å². The second kappa shape index (κ2) is 5.10. The van der Waals surface area contributed by atoms with E-state index in [0.29, 0.717) is 6.04 Å². The molecule has 1 heterocycles. The number of rotatable bonds is 4. The van der Waals surface area contributed by atoms with Crippen LogP contribution < -0.4 is 10.6 Å². The topological polar surface area (TPSA) is 27.3 Å². The van der Waals surface area contributed by atoms with Gasteiger partial charge in [0.1, 0.15) is 0 Å². The Labute approximate surface area is 87.2 Å². The minimum absolute atomic E-state index is 0.661. The van der Waals surface area contributed by atoms with Gasteiger partial charge in [-0.25, -0.2) is 0 Å². The molecule has 2 N–H and O–H groups in total. The lowest BCUT2D eigenvalue weighted by Crippen LogP contribution is -2.53. The molecule has 2 rings (SSSR count). The van der Waals surface area contributed by atoms with Gasteiger partial charge in [-0.2, -0.15) is 0 Å². The summed E-state index contributed by atoms with van der Waals surface area (Å²) in [7, 11) is 2.21. The van der Waals surface area contributed by atoms with Gasteiger partial charge >= 0.3 is 0 Å². The Hall–Kier alpha value is -0.120. The maximum atomic E-state index is 3.59. The summed E-state index contributed by atoms with van der Waals surface area (Å²) in [5.41, 5.74) is 0. The van der Waals surface area contributed by atoms with Crippen molar-refractivity contribution in [3.05, 3.63) is 0 Å². The number of nitrogens with one attached hydrogen (secondary N) is 2. The second-order valence-electron chi connectivity index (χ2n) is 4.87. The molecule has 0 bridgehead atoms. The SMILES string of the molecule is CN1CCNC(CNCC2CCC2)C1. The van der Waals surface area contributed by atoms with Gasteiger partial charge in [-0.05, 0) is 32.4 Å². The lowest BCUT2D eigenvalue weighted by molar-refractivity contribution is 0.227. The van der Waals surface area contributed by atoms with Crippen LogP contribution in [0.5, 0.6) is 0 Å². The molecule has 1 unspecified atom stereocenters. The van der Waals surface area contributed by atoms with Crippen molar-refractivity contribution >= 4 is 0 Å². The third kappa shape index (κ3) is 2.94. The van der Waals surface area contributed by atoms with Crippen molar-refractivity contribution in [2.75, 3.05) is 39.8 Å². The molecule has 14 heavy (non-hydrogen) atoms. The summed E-state index contributed by atoms with van der Waals surface area (Å²) in [4.78, 5) is 2.41. The van der Waals surface area contributed by atoms with Gasteiger partial charge in [-0.15, -0.1) is 0 Å². The van der Waals surface area contributed by atoms with Crippen LogP contribution in [0.4, 0.5) is 0 Å². The summed E-state index contributed by atoms with van der Waals surface area (Å²) in [6, 6.07) is 0.661. The highest BCUT2D eigenvalue weighted by atomic mass is 15.2. The highest BCUT2D eigenvalue weighted by Crippen LogP contribution is 2.24. The van der Waals surface area contributed by atoms with Gasteiger partial charge in [-0.3, -0.25) is 0 Å². The smallest absolute Gasteiger partial charge is 0.0320 e. The Bertz CT molecular complexity index is 168. The third-order valence-corrected chi connectivity index (χ3v) is 3.51. The van der Waals surface area contributed by atoms with Gasteiger partial charge in [0.2, 0.25) is 0 Å². The molecule has 0 radical (unpaired) electrons. The van der Waals surface area contributed by atoms with Gasteiger partial charge in [-0.1, -0.05) is 6.42 Å². The monoisotopic (exact) mass is 197 g/mol. The first-order chi connectivity index (χ1) is 6.84. The van der Waals surface area contributed by atoms with Gasteiger partial charge < -0.3 is 15.5 Å². The average Bonchev–Trinajstić information content (AvgIpc) is 2.09. The zero-order chi connectivity index (χ0) is 9.80. The molecule has 0 amide bonds. The van der Waals surface area contributed by atoms with E-state index in [9.17, 15) is 0 Å². The van der Waals surface area contributed by atoms with Gasteiger partial charge in [0.25, 0.3) is 0 Å². The molecule has 82 valence electrons. The number of nitrogens with zero attached hydrogens (tertiary/aromatic N) is 1. The highest BCUT2D eigenvalue weighted by molar-refractivity contribution is 4.80. The summed E-state index contributed by atoms with van der Waals surface area (Å²) in [6.07, 6.45) is 4.35. The van der Waals surface area contributed by atoms with E-state index < -0.39 is 0 Å². The zero-order valence-electron chi connectivity index (χ0n) is 9.26. The van der Waals surface area contributed by atoms with Crippen molar-refractivity contribution in [1.82, 2.24) is 15.5 Å². The van der Waals surface area contributed by atoms with Crippen molar-refractivity contribution in [2.24, 2.45) is 5.92 Å². The van der Waals surface area contributed by atoms with Crippen molar-refractivity contribution in [1.29, 1.82) is 0 Å². The molecular formula is C11H23N3. The van der Waals surface area contributed by atoms with E-state index in [1.807, 2.05) is 0 Å². The van der Waals surface area contributed by atoms with E-state index >= 15 is 0 Å². The van der Waals surface area contributed by atoms with Gasteiger partial charge in [0, 0.05) is 32.2 Å². The Balaban J connectivity index is 1.55. The molecule has 1 atom stereocenters. The third-order valence-electron chi connectivity index (χ3n) is 3.51. The largest absolute Gasteiger partial charge is 0.315 e. The lowest BCUT2D eigenvalue weighted by atomic mass is 9.85. The van der Waals surface area contributed by atoms with Crippen LogP contribution in [0.2, 0.25) is 0 Å². The quantitative estimate of drug-likeness (QED) is 0.678. The molecule has 2 aliphatic rings. The summed E-state index contributed by atoms with van der Waals surface area (Å²) < 4.78 is 0. The molecule has 1 aliphatic carbocycles. The first-order valence-electron chi connectivity index (χ1n) is 5.97. The Kier molecular flexibility index (Phi) is 3.79. The first-order valence-corrected chi connectivity index (χ1v) is 5.97. The molecule has 0 spiro atoms. The fraction of sp³-hybridized carbons (Fsp3) is 1.00. The molecule has 0 aromatic carbocycles. The summed E-state index contributed by atoms with van der Waals surface area (Å²) >= 11 is 0. The summed E-state index contributed by atoms with van der Waals surface area (Å²) in [5, 5.41) is 7.14. The number of hydrogen-bond donors (Lipinski definition) is 2. The first kappa shape index (κ1) is 10.4. The zero-order valence-corrected chi connectivity index (χ0v) is 9.26. The predicted octanol–water partition coefficient (Wildman–Crippen LogP) is 0.280. The van der Waals surface area contributed by atoms with Gasteiger partial charge in [0.15, 0.2) is 0 Å². The summed E-state index contributed by atoms with van der Waals surface area (Å²) in [5.74, 6) is 0.983. The van der Waals surface area contributed by atoms with E-state index in [1.165, 1.54) is 38.9 Å². The highest BCUT2D eigenvalue weighted by Gasteiger charge is 2.19. The van der Waals surface area contributed by atoms with E-state index in [2.05, 4.69) is 22.6 Å². The molecule has 0 aromatic heterocycles. The fourth-order valence-electron chi connectivity index (χ4n) is 2.29. The maximum Gasteiger partial charge on any atom is 0.0320 e. The van der Waals surface area contributed by atoms with Crippen molar-refractivity contribution < 1.29 is 0 Å². The fourth-order valence-corrected chi connectivity index (χ4v) is 2.29. The van der Waals surface area contributed by atoms with Crippen molar-refractivity contribution in [3.8, 4) is 0 Å². The van der Waals surface area contributed by atoms with Crippen LogP contribution >= 0.6 is 0 Å².